The van der Waals surface area contributed by atoms with Crippen molar-refractivity contribution in [2.24, 2.45) is 0 Å². The van der Waals surface area contributed by atoms with Gasteiger partial charge in [-0.15, -0.1) is 0 Å². The molecule has 2 aromatic carbocycles. The molecule has 3 aliphatic rings. The molecule has 3 heterocycles. The Labute approximate surface area is 233 Å². The van der Waals surface area contributed by atoms with E-state index in [2.05, 4.69) is 58.1 Å². The van der Waals surface area contributed by atoms with Crippen LogP contribution in [0.1, 0.15) is 91.7 Å². The lowest BCUT2D eigenvalue weighted by atomic mass is 9.78. The van der Waals surface area contributed by atoms with Crippen molar-refractivity contribution in [3.63, 3.8) is 0 Å². The lowest BCUT2D eigenvalue weighted by Gasteiger charge is -2.40. The SMILES string of the molecule is O=C1CC(c2ccc(CNCc3ccccn3)cc2)CN1c1ccc2c(c1)CC1(CCCCCCCC1)NC2. The normalized spacial score (nSPS) is 21.3. The summed E-state index contributed by atoms with van der Waals surface area (Å²) in [6.45, 7) is 3.28. The fourth-order valence-electron chi connectivity index (χ4n) is 6.87. The number of hydrogen-bond donors (Lipinski definition) is 2. The average Bonchev–Trinajstić information content (AvgIpc) is 3.40. The molecule has 0 bridgehead atoms. The smallest absolute Gasteiger partial charge is 0.227 e. The highest BCUT2D eigenvalue weighted by Gasteiger charge is 2.35. The van der Waals surface area contributed by atoms with Crippen LogP contribution in [0.15, 0.2) is 66.9 Å². The van der Waals surface area contributed by atoms with Crippen molar-refractivity contribution in [1.82, 2.24) is 15.6 Å². The zero-order chi connectivity index (χ0) is 26.5. The van der Waals surface area contributed by atoms with Crippen LogP contribution in [0.3, 0.4) is 0 Å². The first-order chi connectivity index (χ1) is 19.2. The Morgan fingerprint density at radius 2 is 1.69 bits per heavy atom. The number of rotatable bonds is 6. The third-order valence-corrected chi connectivity index (χ3v) is 9.18. The lowest BCUT2D eigenvalue weighted by molar-refractivity contribution is -0.117. The fourth-order valence-corrected chi connectivity index (χ4v) is 6.87. The summed E-state index contributed by atoms with van der Waals surface area (Å²) in [4.78, 5) is 19.6. The van der Waals surface area contributed by atoms with Crippen molar-refractivity contribution >= 4 is 11.6 Å². The first-order valence-electron chi connectivity index (χ1n) is 15.0. The van der Waals surface area contributed by atoms with E-state index in [1.807, 2.05) is 29.3 Å². The Morgan fingerprint density at radius 1 is 0.897 bits per heavy atom. The van der Waals surface area contributed by atoms with E-state index >= 15 is 0 Å². The molecule has 2 fully saturated rings. The standard InChI is InChI=1S/C34H42N4O/c39-33-20-30(27-12-10-26(11-13-27)22-35-24-31-9-5-8-18-36-31)25-38(33)32-15-14-28-23-37-34(21-29(28)19-32)16-6-3-1-2-4-7-17-34/h5,8-15,18-19,30,35,37H,1-4,6-7,16-17,20-25H2. The molecule has 5 nitrogen and oxygen atoms in total. The minimum absolute atomic E-state index is 0.238. The highest BCUT2D eigenvalue weighted by atomic mass is 16.2. The van der Waals surface area contributed by atoms with Gasteiger partial charge < -0.3 is 15.5 Å². The molecule has 1 unspecified atom stereocenters. The predicted octanol–water partition coefficient (Wildman–Crippen LogP) is 6.41. The molecule has 39 heavy (non-hydrogen) atoms. The van der Waals surface area contributed by atoms with E-state index in [-0.39, 0.29) is 17.4 Å². The van der Waals surface area contributed by atoms with Crippen LogP contribution in [0.25, 0.3) is 0 Å². The predicted molar refractivity (Wildman–Crippen MR) is 158 cm³/mol. The summed E-state index contributed by atoms with van der Waals surface area (Å²) in [5, 5.41) is 7.42. The maximum atomic E-state index is 13.2. The largest absolute Gasteiger partial charge is 0.312 e. The molecule has 6 rings (SSSR count). The third kappa shape index (κ3) is 6.26. The summed E-state index contributed by atoms with van der Waals surface area (Å²) in [7, 11) is 0. The van der Waals surface area contributed by atoms with Gasteiger partial charge in [-0.1, -0.05) is 74.9 Å². The summed E-state index contributed by atoms with van der Waals surface area (Å²) >= 11 is 0. The molecule has 1 spiro atoms. The lowest BCUT2D eigenvalue weighted by Crippen LogP contribution is -2.49. The average molecular weight is 523 g/mol. The molecular weight excluding hydrogens is 480 g/mol. The summed E-state index contributed by atoms with van der Waals surface area (Å²) in [6, 6.07) is 21.5. The molecule has 2 aliphatic heterocycles. The van der Waals surface area contributed by atoms with Crippen LogP contribution < -0.4 is 15.5 Å². The summed E-state index contributed by atoms with van der Waals surface area (Å²) < 4.78 is 0. The molecule has 1 aliphatic carbocycles. The highest BCUT2D eigenvalue weighted by molar-refractivity contribution is 5.96. The highest BCUT2D eigenvalue weighted by Crippen LogP contribution is 2.37. The first-order valence-corrected chi connectivity index (χ1v) is 15.0. The Bertz CT molecular complexity index is 1250. The Kier molecular flexibility index (Phi) is 8.08. The van der Waals surface area contributed by atoms with Crippen molar-refractivity contribution in [3.8, 4) is 0 Å². The number of carbonyl (C=O) groups excluding carboxylic acids is 1. The molecule has 1 aromatic heterocycles. The van der Waals surface area contributed by atoms with Crippen LogP contribution in [0.5, 0.6) is 0 Å². The van der Waals surface area contributed by atoms with Gasteiger partial charge in [0.05, 0.1) is 5.69 Å². The molecule has 1 amide bonds. The number of nitrogens with one attached hydrogen (secondary N) is 2. The minimum atomic E-state index is 0.238. The number of fused-ring (bicyclic) bond motifs is 1. The summed E-state index contributed by atoms with van der Waals surface area (Å²) in [5.74, 6) is 0.485. The minimum Gasteiger partial charge on any atom is -0.312 e. The van der Waals surface area contributed by atoms with E-state index < -0.39 is 0 Å². The maximum absolute atomic E-state index is 13.2. The van der Waals surface area contributed by atoms with E-state index in [4.69, 9.17) is 0 Å². The number of aromatic nitrogens is 1. The molecule has 1 saturated carbocycles. The van der Waals surface area contributed by atoms with E-state index in [0.717, 1.165) is 44.0 Å². The van der Waals surface area contributed by atoms with Gasteiger partial charge >= 0.3 is 0 Å². The number of nitrogens with zero attached hydrogens (tertiary/aromatic N) is 2. The first kappa shape index (κ1) is 26.2. The van der Waals surface area contributed by atoms with Crippen molar-refractivity contribution in [2.45, 2.75) is 95.3 Å². The second-order valence-corrected chi connectivity index (χ2v) is 12.0. The molecule has 1 saturated heterocycles. The van der Waals surface area contributed by atoms with Crippen LogP contribution in [0.4, 0.5) is 5.69 Å². The van der Waals surface area contributed by atoms with E-state index in [0.29, 0.717) is 6.42 Å². The molecule has 1 atom stereocenters. The molecule has 5 heteroatoms. The fraction of sp³-hybridized carbons (Fsp3) is 0.471. The van der Waals surface area contributed by atoms with Crippen LogP contribution in [-0.2, 0) is 30.8 Å². The van der Waals surface area contributed by atoms with Gasteiger partial charge in [-0.3, -0.25) is 9.78 Å². The Morgan fingerprint density at radius 3 is 2.46 bits per heavy atom. The van der Waals surface area contributed by atoms with Gasteiger partial charge in [0.2, 0.25) is 5.91 Å². The van der Waals surface area contributed by atoms with E-state index in [1.165, 1.54) is 73.6 Å². The van der Waals surface area contributed by atoms with Gasteiger partial charge in [-0.25, -0.2) is 0 Å². The van der Waals surface area contributed by atoms with Gasteiger partial charge in [-0.2, -0.15) is 0 Å². The third-order valence-electron chi connectivity index (χ3n) is 9.18. The second kappa shape index (κ2) is 12.0. The van der Waals surface area contributed by atoms with Gasteiger partial charge in [0.25, 0.3) is 0 Å². The van der Waals surface area contributed by atoms with Crippen LogP contribution in [-0.4, -0.2) is 23.0 Å². The van der Waals surface area contributed by atoms with Crippen molar-refractivity contribution in [2.75, 3.05) is 11.4 Å². The molecule has 0 radical (unpaired) electrons. The number of pyridine rings is 1. The quantitative estimate of drug-likeness (QED) is 0.393. The topological polar surface area (TPSA) is 57.3 Å². The number of anilines is 1. The maximum Gasteiger partial charge on any atom is 0.227 e. The van der Waals surface area contributed by atoms with Crippen molar-refractivity contribution < 1.29 is 4.79 Å². The van der Waals surface area contributed by atoms with E-state index in [1.54, 1.807) is 0 Å². The molecule has 204 valence electrons. The van der Waals surface area contributed by atoms with Crippen molar-refractivity contribution in [3.05, 3.63) is 94.8 Å². The van der Waals surface area contributed by atoms with Gasteiger partial charge in [-0.05, 0) is 65.8 Å². The van der Waals surface area contributed by atoms with Crippen LogP contribution in [0, 0.1) is 0 Å². The Balaban J connectivity index is 1.09. The summed E-state index contributed by atoms with van der Waals surface area (Å²) in [6.07, 6.45) is 14.2. The zero-order valence-corrected chi connectivity index (χ0v) is 23.1. The monoisotopic (exact) mass is 522 g/mol. The number of amides is 1. The van der Waals surface area contributed by atoms with Gasteiger partial charge in [0.15, 0.2) is 0 Å². The van der Waals surface area contributed by atoms with Gasteiger partial charge in [0, 0.05) is 55.9 Å². The number of hydrogen-bond acceptors (Lipinski definition) is 4. The van der Waals surface area contributed by atoms with Crippen LogP contribution >= 0.6 is 0 Å². The second-order valence-electron chi connectivity index (χ2n) is 12.0. The van der Waals surface area contributed by atoms with E-state index in [9.17, 15) is 4.79 Å². The summed E-state index contributed by atoms with van der Waals surface area (Å²) in [5.41, 5.74) is 7.72. The molecule has 2 N–H and O–H groups in total. The zero-order valence-electron chi connectivity index (χ0n) is 23.1. The van der Waals surface area contributed by atoms with Gasteiger partial charge in [0.1, 0.15) is 0 Å². The molecule has 3 aromatic rings. The van der Waals surface area contributed by atoms with Crippen LogP contribution in [0.2, 0.25) is 0 Å². The number of carbonyl (C=O) groups is 1. The molecular formula is C34H42N4O. The van der Waals surface area contributed by atoms with Crippen molar-refractivity contribution in [1.29, 1.82) is 0 Å². The number of benzene rings is 2. The Hall–Kier alpha value is -3.02.